The van der Waals surface area contributed by atoms with Crippen molar-refractivity contribution in [1.82, 2.24) is 4.98 Å². The molecule has 2 aromatic carbocycles. The second kappa shape index (κ2) is 4.81. The van der Waals surface area contributed by atoms with E-state index in [0.717, 1.165) is 10.9 Å². The van der Waals surface area contributed by atoms with E-state index >= 15 is 0 Å². The number of carbonyl (C=O) groups is 1. The zero-order valence-corrected chi connectivity index (χ0v) is 10.9. The van der Waals surface area contributed by atoms with Gasteiger partial charge in [-0.2, -0.15) is 0 Å². The van der Waals surface area contributed by atoms with E-state index in [4.69, 9.17) is 0 Å². The summed E-state index contributed by atoms with van der Waals surface area (Å²) in [6.45, 7) is 1.76. The Hall–Kier alpha value is -2.62. The number of fused-ring (bicyclic) bond motifs is 1. The number of hydrogen-bond donors (Lipinski definition) is 2. The van der Waals surface area contributed by atoms with E-state index in [1.807, 2.05) is 18.3 Å². The molecule has 0 bridgehead atoms. The van der Waals surface area contributed by atoms with Crippen LogP contribution in [0.4, 0.5) is 10.1 Å². The highest BCUT2D eigenvalue weighted by Crippen LogP contribution is 2.18. The molecule has 0 radical (unpaired) electrons. The molecular weight excluding hydrogens is 255 g/mol. The zero-order valence-electron chi connectivity index (χ0n) is 10.9. The minimum Gasteiger partial charge on any atom is -0.361 e. The lowest BCUT2D eigenvalue weighted by atomic mass is 10.1. The van der Waals surface area contributed by atoms with Gasteiger partial charge in [0.25, 0.3) is 5.91 Å². The molecule has 4 heteroatoms. The zero-order chi connectivity index (χ0) is 14.1. The largest absolute Gasteiger partial charge is 0.361 e. The molecule has 0 saturated carbocycles. The molecule has 3 aromatic rings. The highest BCUT2D eigenvalue weighted by Gasteiger charge is 2.09. The van der Waals surface area contributed by atoms with Crippen molar-refractivity contribution in [1.29, 1.82) is 0 Å². The first-order valence-corrected chi connectivity index (χ1v) is 6.28. The minimum absolute atomic E-state index is 0.212. The van der Waals surface area contributed by atoms with Crippen LogP contribution in [-0.4, -0.2) is 10.9 Å². The summed E-state index contributed by atoms with van der Waals surface area (Å²) in [5.41, 5.74) is 2.78. The summed E-state index contributed by atoms with van der Waals surface area (Å²) in [5, 5.41) is 3.85. The number of aromatic nitrogens is 1. The lowest BCUT2D eigenvalue weighted by molar-refractivity contribution is 0.102. The summed E-state index contributed by atoms with van der Waals surface area (Å²) in [5.74, 6) is -0.524. The molecular formula is C16H13FN2O. The van der Waals surface area contributed by atoms with E-state index < -0.39 is 0 Å². The van der Waals surface area contributed by atoms with Gasteiger partial charge in [-0.15, -0.1) is 0 Å². The summed E-state index contributed by atoms with van der Waals surface area (Å²) < 4.78 is 13.0. The molecule has 0 aliphatic carbocycles. The second-order valence-corrected chi connectivity index (χ2v) is 4.69. The fraction of sp³-hybridized carbons (Fsp3) is 0.0625. The summed E-state index contributed by atoms with van der Waals surface area (Å²) in [7, 11) is 0. The van der Waals surface area contributed by atoms with Crippen molar-refractivity contribution in [3.8, 4) is 0 Å². The molecule has 100 valence electrons. The Bertz CT molecular complexity index is 792. The van der Waals surface area contributed by atoms with Gasteiger partial charge < -0.3 is 10.3 Å². The third-order valence-electron chi connectivity index (χ3n) is 3.25. The average molecular weight is 268 g/mol. The Morgan fingerprint density at radius 2 is 2.00 bits per heavy atom. The van der Waals surface area contributed by atoms with Gasteiger partial charge in [0.2, 0.25) is 0 Å². The molecule has 1 aromatic heterocycles. The Morgan fingerprint density at radius 1 is 1.15 bits per heavy atom. The number of H-pyrrole nitrogens is 1. The van der Waals surface area contributed by atoms with E-state index in [9.17, 15) is 9.18 Å². The molecule has 20 heavy (non-hydrogen) atoms. The topological polar surface area (TPSA) is 44.9 Å². The van der Waals surface area contributed by atoms with E-state index in [2.05, 4.69) is 10.3 Å². The van der Waals surface area contributed by atoms with Crippen LogP contribution in [0.15, 0.2) is 48.7 Å². The van der Waals surface area contributed by atoms with Crippen LogP contribution in [0.1, 0.15) is 15.9 Å². The lowest BCUT2D eigenvalue weighted by Crippen LogP contribution is -2.12. The van der Waals surface area contributed by atoms with Gasteiger partial charge in [-0.05, 0) is 54.3 Å². The maximum atomic E-state index is 13.0. The molecule has 0 fully saturated rings. The third-order valence-corrected chi connectivity index (χ3v) is 3.25. The molecule has 3 rings (SSSR count). The molecule has 0 aliphatic heterocycles. The summed E-state index contributed by atoms with van der Waals surface area (Å²) in [6, 6.07) is 11.7. The molecule has 0 unspecified atom stereocenters. The number of rotatable bonds is 2. The normalized spacial score (nSPS) is 10.7. The number of hydrogen-bond acceptors (Lipinski definition) is 1. The van der Waals surface area contributed by atoms with Gasteiger partial charge in [0.1, 0.15) is 5.82 Å². The highest BCUT2D eigenvalue weighted by molar-refractivity contribution is 6.06. The Balaban J connectivity index is 1.88. The first kappa shape index (κ1) is 12.4. The van der Waals surface area contributed by atoms with Gasteiger partial charge in [-0.25, -0.2) is 4.39 Å². The Morgan fingerprint density at radius 3 is 2.80 bits per heavy atom. The molecule has 0 aliphatic rings. The number of anilines is 1. The number of aromatic amines is 1. The van der Waals surface area contributed by atoms with Crippen molar-refractivity contribution >= 4 is 22.5 Å². The van der Waals surface area contributed by atoms with Crippen LogP contribution in [0.5, 0.6) is 0 Å². The number of aryl methyl sites for hydroxylation is 1. The first-order valence-electron chi connectivity index (χ1n) is 6.28. The minimum atomic E-state index is -0.312. The van der Waals surface area contributed by atoms with Crippen molar-refractivity contribution in [3.05, 3.63) is 65.6 Å². The molecule has 0 atom stereocenters. The van der Waals surface area contributed by atoms with Crippen molar-refractivity contribution in [2.24, 2.45) is 0 Å². The SMILES string of the molecule is Cc1cc(F)ccc1NC(=O)c1ccc2cc[nH]c2c1. The van der Waals surface area contributed by atoms with Crippen LogP contribution >= 0.6 is 0 Å². The average Bonchev–Trinajstić information content (AvgIpc) is 2.89. The molecule has 3 nitrogen and oxygen atoms in total. The third kappa shape index (κ3) is 2.28. The number of amides is 1. The second-order valence-electron chi connectivity index (χ2n) is 4.69. The van der Waals surface area contributed by atoms with E-state index in [0.29, 0.717) is 16.8 Å². The van der Waals surface area contributed by atoms with Crippen LogP contribution < -0.4 is 5.32 Å². The predicted molar refractivity (Wildman–Crippen MR) is 77.4 cm³/mol. The maximum absolute atomic E-state index is 13.0. The van der Waals surface area contributed by atoms with Gasteiger partial charge in [0.05, 0.1) is 0 Å². The lowest BCUT2D eigenvalue weighted by Gasteiger charge is -2.08. The molecule has 1 heterocycles. The van der Waals surface area contributed by atoms with Crippen molar-refractivity contribution in [2.45, 2.75) is 6.92 Å². The predicted octanol–water partition coefficient (Wildman–Crippen LogP) is 3.87. The fourth-order valence-electron chi connectivity index (χ4n) is 2.15. The number of benzene rings is 2. The van der Waals surface area contributed by atoms with Gasteiger partial charge in [0, 0.05) is 23.0 Å². The Kier molecular flexibility index (Phi) is 2.99. The molecule has 0 spiro atoms. The van der Waals surface area contributed by atoms with E-state index in [1.54, 1.807) is 25.1 Å². The number of nitrogens with one attached hydrogen (secondary N) is 2. The van der Waals surface area contributed by atoms with Crippen molar-refractivity contribution in [3.63, 3.8) is 0 Å². The summed E-state index contributed by atoms with van der Waals surface area (Å²) in [6.07, 6.45) is 1.83. The molecule has 0 saturated heterocycles. The first-order chi connectivity index (χ1) is 9.63. The van der Waals surface area contributed by atoms with Crippen LogP contribution in [0.2, 0.25) is 0 Å². The Labute approximate surface area is 115 Å². The van der Waals surface area contributed by atoms with Crippen molar-refractivity contribution in [2.75, 3.05) is 5.32 Å². The van der Waals surface area contributed by atoms with Crippen LogP contribution in [0, 0.1) is 12.7 Å². The monoisotopic (exact) mass is 268 g/mol. The van der Waals surface area contributed by atoms with Gasteiger partial charge in [-0.3, -0.25) is 4.79 Å². The van der Waals surface area contributed by atoms with Crippen molar-refractivity contribution < 1.29 is 9.18 Å². The standard InChI is InChI=1S/C16H13FN2O/c1-10-8-13(17)4-5-14(10)19-16(20)12-3-2-11-6-7-18-15(11)9-12/h2-9,18H,1H3,(H,19,20). The molecule has 1 amide bonds. The summed E-state index contributed by atoms with van der Waals surface area (Å²) in [4.78, 5) is 15.3. The van der Waals surface area contributed by atoms with Gasteiger partial charge in [-0.1, -0.05) is 6.07 Å². The van der Waals surface area contributed by atoms with Crippen LogP contribution in [0.25, 0.3) is 10.9 Å². The maximum Gasteiger partial charge on any atom is 0.255 e. The van der Waals surface area contributed by atoms with Crippen LogP contribution in [-0.2, 0) is 0 Å². The molecule has 2 N–H and O–H groups in total. The fourth-order valence-corrected chi connectivity index (χ4v) is 2.15. The number of halogens is 1. The smallest absolute Gasteiger partial charge is 0.255 e. The van der Waals surface area contributed by atoms with Gasteiger partial charge >= 0.3 is 0 Å². The van der Waals surface area contributed by atoms with Crippen LogP contribution in [0.3, 0.4) is 0 Å². The summed E-state index contributed by atoms with van der Waals surface area (Å²) >= 11 is 0. The van der Waals surface area contributed by atoms with E-state index in [1.165, 1.54) is 12.1 Å². The highest BCUT2D eigenvalue weighted by atomic mass is 19.1. The quantitative estimate of drug-likeness (QED) is 0.728. The van der Waals surface area contributed by atoms with E-state index in [-0.39, 0.29) is 11.7 Å². The van der Waals surface area contributed by atoms with Gasteiger partial charge in [0.15, 0.2) is 0 Å². The number of carbonyl (C=O) groups excluding carboxylic acids is 1.